The summed E-state index contributed by atoms with van der Waals surface area (Å²) < 4.78 is 0. The van der Waals surface area contributed by atoms with E-state index in [1.54, 1.807) is 12.1 Å². The minimum absolute atomic E-state index is 0.117. The van der Waals surface area contributed by atoms with Gasteiger partial charge in [0.15, 0.2) is 0 Å². The summed E-state index contributed by atoms with van der Waals surface area (Å²) in [5.41, 5.74) is 7.07. The highest BCUT2D eigenvalue weighted by molar-refractivity contribution is 5.95. The van der Waals surface area contributed by atoms with Gasteiger partial charge in [-0.15, -0.1) is 0 Å². The van der Waals surface area contributed by atoms with E-state index in [1.165, 1.54) is 6.42 Å². The van der Waals surface area contributed by atoms with Crippen molar-refractivity contribution in [2.75, 3.05) is 18.8 Å². The van der Waals surface area contributed by atoms with E-state index >= 15 is 0 Å². The van der Waals surface area contributed by atoms with Gasteiger partial charge in [-0.2, -0.15) is 0 Å². The molecule has 0 aromatic heterocycles. The zero-order valence-electron chi connectivity index (χ0n) is 10.4. The molecule has 0 bridgehead atoms. The van der Waals surface area contributed by atoms with Crippen LogP contribution >= 0.6 is 0 Å². The van der Waals surface area contributed by atoms with Gasteiger partial charge in [0.1, 0.15) is 0 Å². The maximum Gasteiger partial charge on any atom is 0.253 e. The Labute approximate surface area is 103 Å². The van der Waals surface area contributed by atoms with Gasteiger partial charge in [-0.1, -0.05) is 13.0 Å². The molecule has 1 aliphatic heterocycles. The second kappa shape index (κ2) is 5.21. The number of amides is 1. The number of hydrogen-bond acceptors (Lipinski definition) is 2. The molecule has 17 heavy (non-hydrogen) atoms. The van der Waals surface area contributed by atoms with Gasteiger partial charge >= 0.3 is 0 Å². The van der Waals surface area contributed by atoms with E-state index in [1.807, 2.05) is 17.0 Å². The van der Waals surface area contributed by atoms with Crippen LogP contribution in [0.2, 0.25) is 0 Å². The van der Waals surface area contributed by atoms with Gasteiger partial charge in [-0.05, 0) is 43.4 Å². The average molecular weight is 232 g/mol. The van der Waals surface area contributed by atoms with Crippen LogP contribution in [0.3, 0.4) is 0 Å². The van der Waals surface area contributed by atoms with Gasteiger partial charge in [0.25, 0.3) is 5.91 Å². The summed E-state index contributed by atoms with van der Waals surface area (Å²) in [6.07, 6.45) is 3.43. The number of rotatable bonds is 1. The molecular formula is C14H20N2O. The van der Waals surface area contributed by atoms with Gasteiger partial charge < -0.3 is 10.6 Å². The van der Waals surface area contributed by atoms with Crippen LogP contribution < -0.4 is 5.73 Å². The molecule has 92 valence electrons. The lowest BCUT2D eigenvalue weighted by Crippen LogP contribution is -2.32. The molecule has 1 amide bonds. The van der Waals surface area contributed by atoms with Crippen molar-refractivity contribution in [3.8, 4) is 0 Å². The normalized spacial score (nSPS) is 21.0. The molecule has 2 N–H and O–H groups in total. The van der Waals surface area contributed by atoms with Crippen LogP contribution in [0.25, 0.3) is 0 Å². The first-order valence-corrected chi connectivity index (χ1v) is 6.31. The molecule has 3 heteroatoms. The molecule has 1 aromatic rings. The number of anilines is 1. The van der Waals surface area contributed by atoms with Crippen LogP contribution in [-0.4, -0.2) is 23.9 Å². The molecule has 2 rings (SSSR count). The highest BCUT2D eigenvalue weighted by Crippen LogP contribution is 2.18. The van der Waals surface area contributed by atoms with Crippen molar-refractivity contribution in [1.29, 1.82) is 0 Å². The van der Waals surface area contributed by atoms with Crippen LogP contribution in [-0.2, 0) is 0 Å². The fraction of sp³-hybridized carbons (Fsp3) is 0.500. The Kier molecular flexibility index (Phi) is 3.67. The Morgan fingerprint density at radius 3 is 2.94 bits per heavy atom. The molecule has 1 heterocycles. The quantitative estimate of drug-likeness (QED) is 0.756. The van der Waals surface area contributed by atoms with Gasteiger partial charge in [0, 0.05) is 24.3 Å². The summed E-state index contributed by atoms with van der Waals surface area (Å²) >= 11 is 0. The summed E-state index contributed by atoms with van der Waals surface area (Å²) in [5, 5.41) is 0. The molecule has 0 radical (unpaired) electrons. The summed E-state index contributed by atoms with van der Waals surface area (Å²) in [5.74, 6) is 0.847. The van der Waals surface area contributed by atoms with Gasteiger partial charge in [0.05, 0.1) is 0 Å². The molecule has 3 nitrogen and oxygen atoms in total. The lowest BCUT2D eigenvalue weighted by atomic mass is 10.0. The minimum atomic E-state index is 0.117. The predicted octanol–water partition coefficient (Wildman–Crippen LogP) is 2.53. The molecule has 1 atom stereocenters. The monoisotopic (exact) mass is 232 g/mol. The van der Waals surface area contributed by atoms with E-state index in [9.17, 15) is 4.79 Å². The van der Waals surface area contributed by atoms with Crippen molar-refractivity contribution < 1.29 is 4.79 Å². The zero-order chi connectivity index (χ0) is 12.3. The largest absolute Gasteiger partial charge is 0.399 e. The summed E-state index contributed by atoms with van der Waals surface area (Å²) in [7, 11) is 0. The number of nitrogen functional groups attached to an aromatic ring is 1. The SMILES string of the molecule is CC1CCCN(C(=O)c2cccc(N)c2)CC1. The third-order valence-electron chi connectivity index (χ3n) is 3.44. The van der Waals surface area contributed by atoms with Crippen molar-refractivity contribution in [1.82, 2.24) is 4.90 Å². The fourth-order valence-corrected chi connectivity index (χ4v) is 2.32. The van der Waals surface area contributed by atoms with E-state index in [4.69, 9.17) is 5.73 Å². The number of likely N-dealkylation sites (tertiary alicyclic amines) is 1. The van der Waals surface area contributed by atoms with E-state index in [-0.39, 0.29) is 5.91 Å². The number of hydrogen-bond donors (Lipinski definition) is 1. The number of nitrogens with two attached hydrogens (primary N) is 1. The zero-order valence-corrected chi connectivity index (χ0v) is 10.4. The van der Waals surface area contributed by atoms with Crippen LogP contribution in [0, 0.1) is 5.92 Å². The molecular weight excluding hydrogens is 212 g/mol. The third kappa shape index (κ3) is 2.99. The first-order chi connectivity index (χ1) is 8.16. The second-order valence-electron chi connectivity index (χ2n) is 4.95. The Morgan fingerprint density at radius 1 is 1.35 bits per heavy atom. The maximum atomic E-state index is 12.3. The Hall–Kier alpha value is -1.51. The minimum Gasteiger partial charge on any atom is -0.399 e. The first-order valence-electron chi connectivity index (χ1n) is 6.31. The number of nitrogens with zero attached hydrogens (tertiary/aromatic N) is 1. The van der Waals surface area contributed by atoms with Crippen LogP contribution in [0.15, 0.2) is 24.3 Å². The highest BCUT2D eigenvalue weighted by atomic mass is 16.2. The molecule has 1 unspecified atom stereocenters. The van der Waals surface area contributed by atoms with Crippen molar-refractivity contribution in [2.24, 2.45) is 5.92 Å². The molecule has 1 aliphatic rings. The number of benzene rings is 1. The number of carbonyl (C=O) groups is 1. The Balaban J connectivity index is 2.09. The van der Waals surface area contributed by atoms with Crippen molar-refractivity contribution in [2.45, 2.75) is 26.2 Å². The van der Waals surface area contributed by atoms with Gasteiger partial charge in [-0.25, -0.2) is 0 Å². The fourth-order valence-electron chi connectivity index (χ4n) is 2.32. The van der Waals surface area contributed by atoms with Gasteiger partial charge in [0.2, 0.25) is 0 Å². The number of carbonyl (C=O) groups excluding carboxylic acids is 1. The van der Waals surface area contributed by atoms with Crippen LogP contribution in [0.4, 0.5) is 5.69 Å². The van der Waals surface area contributed by atoms with Crippen molar-refractivity contribution >= 4 is 11.6 Å². The first kappa shape index (κ1) is 12.0. The van der Waals surface area contributed by atoms with Crippen LogP contribution in [0.1, 0.15) is 36.5 Å². The molecule has 1 saturated heterocycles. The van der Waals surface area contributed by atoms with Crippen LogP contribution in [0.5, 0.6) is 0 Å². The van der Waals surface area contributed by atoms with E-state index < -0.39 is 0 Å². The molecule has 0 spiro atoms. The highest BCUT2D eigenvalue weighted by Gasteiger charge is 2.19. The predicted molar refractivity (Wildman–Crippen MR) is 69.8 cm³/mol. The summed E-state index contributed by atoms with van der Waals surface area (Å²) in [4.78, 5) is 14.2. The summed E-state index contributed by atoms with van der Waals surface area (Å²) in [6, 6.07) is 7.24. The standard InChI is InChI=1S/C14H20N2O/c1-11-4-3-8-16(9-7-11)14(17)12-5-2-6-13(15)10-12/h2,5-6,10-11H,3-4,7-9,15H2,1H3. The smallest absolute Gasteiger partial charge is 0.253 e. The average Bonchev–Trinajstić information content (AvgIpc) is 2.53. The van der Waals surface area contributed by atoms with Gasteiger partial charge in [-0.3, -0.25) is 4.79 Å². The Bertz CT molecular complexity index is 403. The molecule has 0 aliphatic carbocycles. The lowest BCUT2D eigenvalue weighted by Gasteiger charge is -2.20. The molecule has 1 aromatic carbocycles. The summed E-state index contributed by atoms with van der Waals surface area (Å²) in [6.45, 7) is 4.00. The third-order valence-corrected chi connectivity index (χ3v) is 3.44. The van der Waals surface area contributed by atoms with E-state index in [0.717, 1.165) is 31.8 Å². The molecule has 1 fully saturated rings. The molecule has 0 saturated carbocycles. The maximum absolute atomic E-state index is 12.3. The lowest BCUT2D eigenvalue weighted by molar-refractivity contribution is 0.0760. The van der Waals surface area contributed by atoms with E-state index in [2.05, 4.69) is 6.92 Å². The van der Waals surface area contributed by atoms with Crippen molar-refractivity contribution in [3.05, 3.63) is 29.8 Å². The topological polar surface area (TPSA) is 46.3 Å². The van der Waals surface area contributed by atoms with E-state index in [0.29, 0.717) is 11.3 Å². The Morgan fingerprint density at radius 2 is 2.18 bits per heavy atom. The van der Waals surface area contributed by atoms with Crippen molar-refractivity contribution in [3.63, 3.8) is 0 Å². The second-order valence-corrected chi connectivity index (χ2v) is 4.95.